The third kappa shape index (κ3) is 3.67. The van der Waals surface area contributed by atoms with Gasteiger partial charge in [-0.3, -0.25) is 0 Å². The Balaban J connectivity index is 2.33. The fourth-order valence-electron chi connectivity index (χ4n) is 2.53. The van der Waals surface area contributed by atoms with Crippen molar-refractivity contribution in [1.29, 1.82) is 0 Å². The van der Waals surface area contributed by atoms with Crippen molar-refractivity contribution in [3.8, 4) is 0 Å². The van der Waals surface area contributed by atoms with Crippen LogP contribution in [0, 0.1) is 25.5 Å². The molecule has 2 rings (SSSR count). The van der Waals surface area contributed by atoms with Gasteiger partial charge < -0.3 is 5.32 Å². The maximum atomic E-state index is 14.0. The van der Waals surface area contributed by atoms with Crippen molar-refractivity contribution in [1.82, 2.24) is 5.32 Å². The van der Waals surface area contributed by atoms with Gasteiger partial charge >= 0.3 is 0 Å². The number of hydrogen-bond donors (Lipinski definition) is 1. The first kappa shape index (κ1) is 15.6. The Morgan fingerprint density at radius 2 is 1.67 bits per heavy atom. The van der Waals surface area contributed by atoms with Crippen molar-refractivity contribution >= 4 is 0 Å². The van der Waals surface area contributed by atoms with Crippen molar-refractivity contribution in [3.63, 3.8) is 0 Å². The highest BCUT2D eigenvalue weighted by atomic mass is 19.1. The zero-order valence-corrected chi connectivity index (χ0v) is 12.7. The number of likely N-dealkylation sites (N-methyl/N-ethyl adjacent to an activating group) is 1. The van der Waals surface area contributed by atoms with Crippen LogP contribution in [0.3, 0.4) is 0 Å². The molecule has 1 atom stereocenters. The summed E-state index contributed by atoms with van der Waals surface area (Å²) in [5.74, 6) is -0.991. The van der Waals surface area contributed by atoms with Gasteiger partial charge in [0.25, 0.3) is 0 Å². The third-order valence-electron chi connectivity index (χ3n) is 3.81. The number of nitrogens with one attached hydrogen (secondary N) is 1. The van der Waals surface area contributed by atoms with Crippen LogP contribution < -0.4 is 5.32 Å². The van der Waals surface area contributed by atoms with Gasteiger partial charge in [-0.05, 0) is 55.6 Å². The van der Waals surface area contributed by atoms with E-state index in [1.165, 1.54) is 29.3 Å². The zero-order valence-electron chi connectivity index (χ0n) is 12.7. The second kappa shape index (κ2) is 6.81. The lowest BCUT2D eigenvalue weighted by atomic mass is 9.95. The van der Waals surface area contributed by atoms with Crippen LogP contribution >= 0.6 is 0 Å². The number of rotatable bonds is 5. The molecule has 0 saturated heterocycles. The summed E-state index contributed by atoms with van der Waals surface area (Å²) in [6, 6.07) is 9.80. The molecule has 0 aliphatic heterocycles. The fourth-order valence-corrected chi connectivity index (χ4v) is 2.53. The van der Waals surface area contributed by atoms with Gasteiger partial charge in [-0.1, -0.05) is 31.2 Å². The van der Waals surface area contributed by atoms with Gasteiger partial charge in [0.2, 0.25) is 0 Å². The molecular formula is C18H21F2N. The summed E-state index contributed by atoms with van der Waals surface area (Å²) in [4.78, 5) is 0. The Labute approximate surface area is 125 Å². The second-order valence-electron chi connectivity index (χ2n) is 5.37. The van der Waals surface area contributed by atoms with Crippen LogP contribution in [0.4, 0.5) is 8.78 Å². The Bertz CT molecular complexity index is 602. The molecule has 1 unspecified atom stereocenters. The summed E-state index contributed by atoms with van der Waals surface area (Å²) in [6.45, 7) is 6.69. The number of halogens is 2. The van der Waals surface area contributed by atoms with Crippen LogP contribution in [-0.4, -0.2) is 6.54 Å². The first-order valence-corrected chi connectivity index (χ1v) is 7.26. The van der Waals surface area contributed by atoms with Gasteiger partial charge in [-0.15, -0.1) is 0 Å². The molecule has 1 nitrogen and oxygen atoms in total. The van der Waals surface area contributed by atoms with Crippen LogP contribution in [0.5, 0.6) is 0 Å². The molecular weight excluding hydrogens is 268 g/mol. The first-order chi connectivity index (χ1) is 10.0. The minimum absolute atomic E-state index is 0.123. The van der Waals surface area contributed by atoms with E-state index in [4.69, 9.17) is 0 Å². The van der Waals surface area contributed by atoms with Gasteiger partial charge in [0.05, 0.1) is 0 Å². The van der Waals surface area contributed by atoms with Crippen LogP contribution in [0.25, 0.3) is 0 Å². The van der Waals surface area contributed by atoms with Crippen molar-refractivity contribution in [2.45, 2.75) is 33.2 Å². The highest BCUT2D eigenvalue weighted by molar-refractivity contribution is 5.32. The average molecular weight is 289 g/mol. The van der Waals surface area contributed by atoms with Crippen LogP contribution in [-0.2, 0) is 6.42 Å². The molecule has 0 aliphatic carbocycles. The highest BCUT2D eigenvalue weighted by Crippen LogP contribution is 2.25. The third-order valence-corrected chi connectivity index (χ3v) is 3.81. The fraction of sp³-hybridized carbons (Fsp3) is 0.333. The van der Waals surface area contributed by atoms with E-state index in [9.17, 15) is 8.78 Å². The molecule has 112 valence electrons. The molecule has 0 aromatic heterocycles. The van der Waals surface area contributed by atoms with E-state index in [0.29, 0.717) is 13.0 Å². The van der Waals surface area contributed by atoms with E-state index >= 15 is 0 Å². The van der Waals surface area contributed by atoms with Crippen LogP contribution in [0.15, 0.2) is 36.4 Å². The molecule has 0 saturated carbocycles. The number of benzene rings is 2. The molecule has 0 fully saturated rings. The van der Waals surface area contributed by atoms with Gasteiger partial charge in [-0.25, -0.2) is 8.78 Å². The molecule has 0 heterocycles. The molecule has 3 heteroatoms. The van der Waals surface area contributed by atoms with Crippen molar-refractivity contribution in [2.75, 3.05) is 6.54 Å². The molecule has 0 spiro atoms. The molecule has 0 aliphatic rings. The molecule has 0 amide bonds. The van der Waals surface area contributed by atoms with E-state index < -0.39 is 11.6 Å². The SMILES string of the molecule is CCNC(Cc1ccc(C)c(C)c1)c1c(F)cccc1F. The van der Waals surface area contributed by atoms with Crippen LogP contribution in [0.2, 0.25) is 0 Å². The maximum absolute atomic E-state index is 14.0. The molecule has 0 bridgehead atoms. The summed E-state index contributed by atoms with van der Waals surface area (Å²) in [5, 5.41) is 3.18. The Kier molecular flexibility index (Phi) is 5.07. The van der Waals surface area contributed by atoms with E-state index in [1.54, 1.807) is 0 Å². The second-order valence-corrected chi connectivity index (χ2v) is 5.37. The molecule has 2 aromatic rings. The molecule has 2 aromatic carbocycles. The minimum atomic E-state index is -0.496. The summed E-state index contributed by atoms with van der Waals surface area (Å²) in [6.07, 6.45) is 0.562. The van der Waals surface area contributed by atoms with E-state index in [2.05, 4.69) is 18.3 Å². The summed E-state index contributed by atoms with van der Waals surface area (Å²) in [7, 11) is 0. The smallest absolute Gasteiger partial charge is 0.130 e. The lowest BCUT2D eigenvalue weighted by Crippen LogP contribution is -2.25. The van der Waals surface area contributed by atoms with Crippen molar-refractivity contribution in [2.24, 2.45) is 0 Å². The summed E-state index contributed by atoms with van der Waals surface area (Å²) >= 11 is 0. The Hall–Kier alpha value is -1.74. The monoisotopic (exact) mass is 289 g/mol. The maximum Gasteiger partial charge on any atom is 0.130 e. The van der Waals surface area contributed by atoms with Crippen molar-refractivity contribution in [3.05, 3.63) is 70.3 Å². The highest BCUT2D eigenvalue weighted by Gasteiger charge is 2.19. The van der Waals surface area contributed by atoms with E-state index in [1.807, 2.05) is 26.0 Å². The predicted octanol–water partition coefficient (Wildman–Crippen LogP) is 4.47. The van der Waals surface area contributed by atoms with E-state index in [0.717, 1.165) is 5.56 Å². The normalized spacial score (nSPS) is 12.4. The first-order valence-electron chi connectivity index (χ1n) is 7.26. The van der Waals surface area contributed by atoms with Gasteiger partial charge in [0.1, 0.15) is 11.6 Å². The summed E-state index contributed by atoms with van der Waals surface area (Å²) in [5.41, 5.74) is 3.61. The molecule has 21 heavy (non-hydrogen) atoms. The average Bonchev–Trinajstić information content (AvgIpc) is 2.43. The van der Waals surface area contributed by atoms with Gasteiger partial charge in [-0.2, -0.15) is 0 Å². The van der Waals surface area contributed by atoms with Crippen LogP contribution in [0.1, 0.15) is 35.2 Å². The van der Waals surface area contributed by atoms with Gasteiger partial charge in [0.15, 0.2) is 0 Å². The standard InChI is InChI=1S/C18H21F2N/c1-4-21-17(18-15(19)6-5-7-16(18)20)11-14-9-8-12(2)13(3)10-14/h5-10,17,21H,4,11H2,1-3H3. The lowest BCUT2D eigenvalue weighted by Gasteiger charge is -2.20. The molecule has 1 N–H and O–H groups in total. The lowest BCUT2D eigenvalue weighted by molar-refractivity contribution is 0.473. The predicted molar refractivity (Wildman–Crippen MR) is 82.4 cm³/mol. The summed E-state index contributed by atoms with van der Waals surface area (Å²) < 4.78 is 28.0. The van der Waals surface area contributed by atoms with Gasteiger partial charge in [0, 0.05) is 11.6 Å². The Morgan fingerprint density at radius 3 is 2.24 bits per heavy atom. The zero-order chi connectivity index (χ0) is 15.4. The quantitative estimate of drug-likeness (QED) is 0.856. The topological polar surface area (TPSA) is 12.0 Å². The number of hydrogen-bond acceptors (Lipinski definition) is 1. The van der Waals surface area contributed by atoms with E-state index in [-0.39, 0.29) is 11.6 Å². The Morgan fingerprint density at radius 1 is 1.00 bits per heavy atom. The minimum Gasteiger partial charge on any atom is -0.310 e. The largest absolute Gasteiger partial charge is 0.310 e. The number of aryl methyl sites for hydroxylation is 2. The molecule has 0 radical (unpaired) electrons. The van der Waals surface area contributed by atoms with Crippen molar-refractivity contribution < 1.29 is 8.78 Å².